The van der Waals surface area contributed by atoms with Gasteiger partial charge in [0, 0.05) is 30.2 Å². The molecule has 23 heavy (non-hydrogen) atoms. The Bertz CT molecular complexity index is 810. The summed E-state index contributed by atoms with van der Waals surface area (Å²) in [4.78, 5) is 16.3. The van der Waals surface area contributed by atoms with Crippen LogP contribution in [0.1, 0.15) is 5.82 Å². The van der Waals surface area contributed by atoms with Gasteiger partial charge < -0.3 is 14.6 Å². The summed E-state index contributed by atoms with van der Waals surface area (Å²) in [7, 11) is 1.55. The number of hydrogen-bond donors (Lipinski definition) is 1. The lowest BCUT2D eigenvalue weighted by Crippen LogP contribution is -2.19. The summed E-state index contributed by atoms with van der Waals surface area (Å²) in [6.45, 7) is 2.03. The number of hydrogen-bond acceptors (Lipinski definition) is 6. The van der Waals surface area contributed by atoms with Crippen molar-refractivity contribution in [3.63, 3.8) is 0 Å². The maximum absolute atomic E-state index is 12.2. The van der Waals surface area contributed by atoms with E-state index < -0.39 is 0 Å². The minimum absolute atomic E-state index is 0.165. The molecule has 0 atom stereocenters. The Kier molecular flexibility index (Phi) is 4.00. The molecule has 3 aromatic rings. The van der Waals surface area contributed by atoms with Gasteiger partial charge in [-0.3, -0.25) is 4.79 Å². The number of nitrogens with one attached hydrogen (secondary N) is 1. The fourth-order valence-corrected chi connectivity index (χ4v) is 2.11. The van der Waals surface area contributed by atoms with Crippen LogP contribution in [0.15, 0.2) is 36.9 Å². The smallest absolute Gasteiger partial charge is 0.244 e. The van der Waals surface area contributed by atoms with Crippen molar-refractivity contribution < 1.29 is 9.53 Å². The van der Waals surface area contributed by atoms with Gasteiger partial charge in [0.05, 0.1) is 12.8 Å². The van der Waals surface area contributed by atoms with Crippen LogP contribution >= 0.6 is 0 Å². The minimum Gasteiger partial charge on any atom is -0.497 e. The number of carbonyl (C=O) groups is 1. The average Bonchev–Trinajstić information content (AvgIpc) is 3.19. The van der Waals surface area contributed by atoms with Crippen LogP contribution in [0.4, 0.5) is 5.69 Å². The maximum atomic E-state index is 12.2. The second-order valence-corrected chi connectivity index (χ2v) is 4.82. The van der Waals surface area contributed by atoms with Gasteiger partial charge in [-0.05, 0) is 23.4 Å². The zero-order valence-corrected chi connectivity index (χ0v) is 12.7. The van der Waals surface area contributed by atoms with Crippen LogP contribution in [0, 0.1) is 6.92 Å². The summed E-state index contributed by atoms with van der Waals surface area (Å²) in [5, 5.41) is 13.9. The molecule has 0 aliphatic heterocycles. The van der Waals surface area contributed by atoms with E-state index in [1.54, 1.807) is 42.3 Å². The topological polar surface area (TPSA) is 99.8 Å². The van der Waals surface area contributed by atoms with Crippen molar-refractivity contribution >= 4 is 11.6 Å². The Hall–Kier alpha value is -3.23. The SMILES string of the molecule is COc1cc(NC(=O)Cn2ccnc2C)cc(-n2cnnn2)c1. The first-order valence-corrected chi connectivity index (χ1v) is 6.86. The quantitative estimate of drug-likeness (QED) is 0.748. The highest BCUT2D eigenvalue weighted by Crippen LogP contribution is 2.22. The van der Waals surface area contributed by atoms with Gasteiger partial charge in [-0.15, -0.1) is 5.10 Å². The molecule has 118 valence electrons. The molecule has 0 bridgehead atoms. The zero-order valence-electron chi connectivity index (χ0n) is 12.7. The van der Waals surface area contributed by atoms with Crippen molar-refractivity contribution in [1.82, 2.24) is 29.8 Å². The predicted molar refractivity (Wildman–Crippen MR) is 81.3 cm³/mol. The summed E-state index contributed by atoms with van der Waals surface area (Å²) >= 11 is 0. The van der Waals surface area contributed by atoms with Crippen molar-refractivity contribution in [1.29, 1.82) is 0 Å². The molecule has 0 radical (unpaired) electrons. The fourth-order valence-electron chi connectivity index (χ4n) is 2.11. The molecule has 9 nitrogen and oxygen atoms in total. The Morgan fingerprint density at radius 2 is 2.22 bits per heavy atom. The van der Waals surface area contributed by atoms with E-state index in [2.05, 4.69) is 25.8 Å². The molecule has 3 rings (SSSR count). The zero-order chi connectivity index (χ0) is 16.2. The number of benzene rings is 1. The van der Waals surface area contributed by atoms with Crippen molar-refractivity contribution in [3.05, 3.63) is 42.7 Å². The number of rotatable bonds is 5. The number of aryl methyl sites for hydroxylation is 1. The van der Waals surface area contributed by atoms with Gasteiger partial charge in [0.2, 0.25) is 5.91 Å². The minimum atomic E-state index is -0.165. The van der Waals surface area contributed by atoms with Gasteiger partial charge in [0.1, 0.15) is 24.4 Å². The molecular formula is C14H15N7O2. The van der Waals surface area contributed by atoms with E-state index in [9.17, 15) is 4.79 Å². The summed E-state index contributed by atoms with van der Waals surface area (Å²) in [5.74, 6) is 1.20. The summed E-state index contributed by atoms with van der Waals surface area (Å²) in [6.07, 6.45) is 4.88. The fraction of sp³-hybridized carbons (Fsp3) is 0.214. The van der Waals surface area contributed by atoms with Gasteiger partial charge in [-0.2, -0.15) is 0 Å². The van der Waals surface area contributed by atoms with E-state index in [0.717, 1.165) is 5.82 Å². The van der Waals surface area contributed by atoms with Gasteiger partial charge >= 0.3 is 0 Å². The average molecular weight is 313 g/mol. The Labute approximate surface area is 131 Å². The molecule has 1 amide bonds. The first kappa shape index (κ1) is 14.7. The molecular weight excluding hydrogens is 298 g/mol. The monoisotopic (exact) mass is 313 g/mol. The predicted octanol–water partition coefficient (Wildman–Crippen LogP) is 0.815. The molecule has 0 fully saturated rings. The van der Waals surface area contributed by atoms with Crippen molar-refractivity contribution in [3.8, 4) is 11.4 Å². The van der Waals surface area contributed by atoms with Crippen LogP contribution < -0.4 is 10.1 Å². The number of ether oxygens (including phenoxy) is 1. The molecule has 2 aromatic heterocycles. The lowest BCUT2D eigenvalue weighted by molar-refractivity contribution is -0.116. The van der Waals surface area contributed by atoms with Gasteiger partial charge in [-0.25, -0.2) is 9.67 Å². The third-order valence-corrected chi connectivity index (χ3v) is 3.26. The van der Waals surface area contributed by atoms with Crippen molar-refractivity contribution in [2.45, 2.75) is 13.5 Å². The molecule has 0 aliphatic carbocycles. The standard InChI is InChI=1S/C14H15N7O2/c1-10-15-3-4-20(10)8-14(22)17-11-5-12(7-13(6-11)23-2)21-9-16-18-19-21/h3-7,9H,8H2,1-2H3,(H,17,22). The van der Waals surface area contributed by atoms with Crippen LogP contribution in [-0.2, 0) is 11.3 Å². The van der Waals surface area contributed by atoms with E-state index in [0.29, 0.717) is 17.1 Å². The van der Waals surface area contributed by atoms with Crippen molar-refractivity contribution in [2.75, 3.05) is 12.4 Å². The lowest BCUT2D eigenvalue weighted by atomic mass is 10.2. The lowest BCUT2D eigenvalue weighted by Gasteiger charge is -2.11. The molecule has 0 saturated heterocycles. The van der Waals surface area contributed by atoms with Crippen LogP contribution in [0.3, 0.4) is 0 Å². The van der Waals surface area contributed by atoms with Crippen LogP contribution in [0.5, 0.6) is 5.75 Å². The van der Waals surface area contributed by atoms with Gasteiger partial charge in [0.15, 0.2) is 0 Å². The second-order valence-electron chi connectivity index (χ2n) is 4.82. The highest BCUT2D eigenvalue weighted by molar-refractivity contribution is 5.91. The van der Waals surface area contributed by atoms with E-state index >= 15 is 0 Å². The van der Waals surface area contributed by atoms with E-state index in [4.69, 9.17) is 4.74 Å². The van der Waals surface area contributed by atoms with E-state index in [1.807, 2.05) is 6.92 Å². The van der Waals surface area contributed by atoms with E-state index in [1.165, 1.54) is 11.0 Å². The molecule has 1 N–H and O–H groups in total. The first-order chi connectivity index (χ1) is 11.2. The molecule has 0 saturated carbocycles. The number of carbonyl (C=O) groups excluding carboxylic acids is 1. The number of imidazole rings is 1. The van der Waals surface area contributed by atoms with Crippen LogP contribution in [0.25, 0.3) is 5.69 Å². The van der Waals surface area contributed by atoms with Gasteiger partial charge in [0.25, 0.3) is 0 Å². The van der Waals surface area contributed by atoms with Gasteiger partial charge in [-0.1, -0.05) is 0 Å². The first-order valence-electron chi connectivity index (χ1n) is 6.86. The van der Waals surface area contributed by atoms with Crippen molar-refractivity contribution in [2.24, 2.45) is 0 Å². The molecule has 0 aliphatic rings. The normalized spacial score (nSPS) is 10.5. The summed E-state index contributed by atoms with van der Waals surface area (Å²) in [6, 6.07) is 5.26. The summed E-state index contributed by atoms with van der Waals surface area (Å²) < 4.78 is 8.50. The van der Waals surface area contributed by atoms with Crippen LogP contribution in [-0.4, -0.2) is 42.8 Å². The number of methoxy groups -OCH3 is 1. The van der Waals surface area contributed by atoms with E-state index in [-0.39, 0.29) is 12.5 Å². The summed E-state index contributed by atoms with van der Waals surface area (Å²) in [5.41, 5.74) is 1.28. The van der Waals surface area contributed by atoms with Crippen LogP contribution in [0.2, 0.25) is 0 Å². The third kappa shape index (κ3) is 3.34. The largest absolute Gasteiger partial charge is 0.497 e. The number of amides is 1. The number of nitrogens with zero attached hydrogens (tertiary/aromatic N) is 6. The molecule has 0 unspecified atom stereocenters. The molecule has 2 heterocycles. The Morgan fingerprint density at radius 3 is 2.87 bits per heavy atom. The Balaban J connectivity index is 1.80. The molecule has 0 spiro atoms. The third-order valence-electron chi connectivity index (χ3n) is 3.26. The Morgan fingerprint density at radius 1 is 1.35 bits per heavy atom. The highest BCUT2D eigenvalue weighted by Gasteiger charge is 2.09. The maximum Gasteiger partial charge on any atom is 0.244 e. The second kappa shape index (κ2) is 6.26. The molecule has 1 aromatic carbocycles. The molecule has 9 heteroatoms. The number of tetrazole rings is 1. The number of anilines is 1. The number of aromatic nitrogens is 6. The highest BCUT2D eigenvalue weighted by atomic mass is 16.5.